The Kier molecular flexibility index (Phi) is 7.07. The minimum Gasteiger partial charge on any atom is -0.271 e. The van der Waals surface area contributed by atoms with Crippen molar-refractivity contribution >= 4 is 58.4 Å². The first kappa shape index (κ1) is 27.5. The van der Waals surface area contributed by atoms with Gasteiger partial charge < -0.3 is 0 Å². The van der Waals surface area contributed by atoms with Gasteiger partial charge in [-0.05, 0) is 78.4 Å². The van der Waals surface area contributed by atoms with E-state index in [2.05, 4.69) is 16.4 Å². The van der Waals surface area contributed by atoms with Crippen LogP contribution in [0.1, 0.15) is 36.4 Å². The number of hydrogen-bond donors (Lipinski definition) is 0. The van der Waals surface area contributed by atoms with Gasteiger partial charge in [0.05, 0.1) is 17.4 Å². The zero-order chi connectivity index (χ0) is 29.7. The van der Waals surface area contributed by atoms with Gasteiger partial charge in [-0.1, -0.05) is 70.9 Å². The Bertz CT molecular complexity index is 1690. The van der Waals surface area contributed by atoms with Crippen LogP contribution < -0.4 is 4.90 Å². The van der Waals surface area contributed by atoms with Crippen LogP contribution in [0, 0.1) is 5.92 Å². The van der Waals surface area contributed by atoms with Gasteiger partial charge in [0, 0.05) is 16.0 Å². The topological polar surface area (TPSA) is 98.0 Å². The van der Waals surface area contributed by atoms with Crippen LogP contribution in [0.3, 0.4) is 0 Å². The van der Waals surface area contributed by atoms with Crippen molar-refractivity contribution in [3.8, 4) is 0 Å². The number of amides is 3. The molecule has 1 saturated heterocycles. The first-order valence-corrected chi connectivity index (χ1v) is 14.9. The van der Waals surface area contributed by atoms with Crippen LogP contribution in [0.2, 0.25) is 10.0 Å². The van der Waals surface area contributed by atoms with Gasteiger partial charge in [-0.2, -0.15) is 10.2 Å². The molecule has 0 spiro atoms. The molecule has 0 bridgehead atoms. The molecule has 216 valence electrons. The van der Waals surface area contributed by atoms with E-state index >= 15 is 0 Å². The fraction of sp³-hybridized carbons (Fsp3) is 0.250. The van der Waals surface area contributed by atoms with Gasteiger partial charge in [-0.25, -0.2) is 9.91 Å². The molecule has 3 aromatic carbocycles. The quantitative estimate of drug-likeness (QED) is 0.325. The molecule has 9 nitrogen and oxygen atoms in total. The normalized spacial score (nSPS) is 25.4. The number of rotatable bonds is 5. The summed E-state index contributed by atoms with van der Waals surface area (Å²) in [5.74, 6) is -1.27. The molecule has 0 radical (unpaired) electrons. The van der Waals surface area contributed by atoms with Crippen LogP contribution in [-0.2, 0) is 14.4 Å². The Labute approximate surface area is 258 Å². The van der Waals surface area contributed by atoms with Gasteiger partial charge in [-0.15, -0.1) is 0 Å². The predicted octanol–water partition coefficient (Wildman–Crippen LogP) is 6.11. The molecule has 43 heavy (non-hydrogen) atoms. The maximum Gasteiger partial charge on any atom is 0.264 e. The number of anilines is 1. The summed E-state index contributed by atoms with van der Waals surface area (Å²) >= 11 is 12.3. The Morgan fingerprint density at radius 3 is 2.30 bits per heavy atom. The van der Waals surface area contributed by atoms with Crippen molar-refractivity contribution in [2.75, 3.05) is 11.4 Å². The van der Waals surface area contributed by atoms with Crippen LogP contribution in [0.15, 0.2) is 99.9 Å². The number of carbonyl (C=O) groups excluding carboxylic acids is 3. The summed E-state index contributed by atoms with van der Waals surface area (Å²) in [6.45, 7) is -0.254. The second-order valence-electron chi connectivity index (χ2n) is 11.0. The van der Waals surface area contributed by atoms with E-state index < -0.39 is 23.9 Å². The average Bonchev–Trinajstić information content (AvgIpc) is 3.68. The second-order valence-corrected chi connectivity index (χ2v) is 11.9. The molecule has 3 heterocycles. The van der Waals surface area contributed by atoms with Crippen molar-refractivity contribution in [3.63, 3.8) is 0 Å². The van der Waals surface area contributed by atoms with Crippen molar-refractivity contribution in [1.29, 1.82) is 0 Å². The van der Waals surface area contributed by atoms with Crippen molar-refractivity contribution in [2.24, 2.45) is 21.4 Å². The van der Waals surface area contributed by atoms with E-state index in [-0.39, 0.29) is 24.4 Å². The lowest BCUT2D eigenvalue weighted by molar-refractivity contribution is -0.136. The molecule has 1 saturated carbocycles. The van der Waals surface area contributed by atoms with E-state index in [1.807, 2.05) is 54.6 Å². The van der Waals surface area contributed by atoms with Crippen LogP contribution in [0.5, 0.6) is 0 Å². The first-order chi connectivity index (χ1) is 20.9. The molecular formula is C32H26Cl2N6O3. The zero-order valence-corrected chi connectivity index (χ0v) is 24.4. The highest BCUT2D eigenvalue weighted by Gasteiger charge is 2.55. The molecule has 3 aliphatic heterocycles. The summed E-state index contributed by atoms with van der Waals surface area (Å²) < 4.78 is 0. The van der Waals surface area contributed by atoms with E-state index in [4.69, 9.17) is 28.3 Å². The lowest BCUT2D eigenvalue weighted by Crippen LogP contribution is -2.45. The van der Waals surface area contributed by atoms with Crippen LogP contribution in [0.4, 0.5) is 5.69 Å². The summed E-state index contributed by atoms with van der Waals surface area (Å²) in [6.07, 6.45) is 4.75. The number of hydrazone groups is 1. The molecule has 1 aliphatic carbocycles. The number of allylic oxidation sites excluding steroid dienone is 1. The average molecular weight is 614 g/mol. The minimum absolute atomic E-state index is 0.0198. The fourth-order valence-electron chi connectivity index (χ4n) is 6.36. The maximum atomic E-state index is 14.0. The monoisotopic (exact) mass is 612 g/mol. The lowest BCUT2D eigenvalue weighted by atomic mass is 9.77. The van der Waals surface area contributed by atoms with E-state index in [0.717, 1.165) is 46.6 Å². The highest BCUT2D eigenvalue weighted by molar-refractivity contribution is 6.31. The summed E-state index contributed by atoms with van der Waals surface area (Å²) in [5, 5.41) is 17.2. The Balaban J connectivity index is 1.19. The second kappa shape index (κ2) is 11.1. The van der Waals surface area contributed by atoms with Crippen molar-refractivity contribution < 1.29 is 14.4 Å². The summed E-state index contributed by atoms with van der Waals surface area (Å²) in [7, 11) is 0. The number of hydrogen-bond acceptors (Lipinski definition) is 7. The van der Waals surface area contributed by atoms with E-state index in [1.165, 1.54) is 10.0 Å². The standard InChI is InChI=1S/C32H26Cl2N6O3/c33-22-13-9-19(10-14-22)17-21-5-4-8-25-27(21)36-40(29(25)20-11-15-23(34)16-12-20)26(41)18-38-30-28(35-37-38)31(42)39(32(30)43)24-6-2-1-3-7-24/h1-3,6-7,9-17,25,28-30H,4-5,8,18H2/b21-17+/t25-,28+,29+,30+/m0/s1. The Morgan fingerprint density at radius 2 is 1.58 bits per heavy atom. The van der Waals surface area contributed by atoms with Crippen LogP contribution >= 0.6 is 23.2 Å². The largest absolute Gasteiger partial charge is 0.271 e. The third-order valence-corrected chi connectivity index (χ3v) is 8.85. The van der Waals surface area contributed by atoms with Crippen LogP contribution in [-0.4, -0.2) is 52.1 Å². The lowest BCUT2D eigenvalue weighted by Gasteiger charge is -2.30. The smallest absolute Gasteiger partial charge is 0.264 e. The van der Waals surface area contributed by atoms with Gasteiger partial charge in [-0.3, -0.25) is 19.4 Å². The molecule has 3 amide bonds. The van der Waals surface area contributed by atoms with E-state index in [9.17, 15) is 14.4 Å². The number of fused-ring (bicyclic) bond motifs is 2. The minimum atomic E-state index is -0.992. The Morgan fingerprint density at radius 1 is 0.884 bits per heavy atom. The molecule has 0 aromatic heterocycles. The van der Waals surface area contributed by atoms with E-state index in [1.54, 1.807) is 24.3 Å². The molecule has 11 heteroatoms. The molecule has 3 aromatic rings. The van der Waals surface area contributed by atoms with Crippen LogP contribution in [0.25, 0.3) is 6.08 Å². The molecule has 4 atom stereocenters. The summed E-state index contributed by atoms with van der Waals surface area (Å²) in [4.78, 5) is 41.7. The van der Waals surface area contributed by atoms with Crippen molar-refractivity contribution in [3.05, 3.63) is 106 Å². The molecule has 2 fully saturated rings. The summed E-state index contributed by atoms with van der Waals surface area (Å²) in [5.41, 5.74) is 4.33. The SMILES string of the molecule is O=C1[C@@H]2N=NN(CC(=O)N3N=C4/C(=C/c5ccc(Cl)cc5)CCC[C@@H]4[C@H]3c3ccc(Cl)cc3)[C@H]2C(=O)N1c1ccccc1. The van der Waals surface area contributed by atoms with E-state index in [0.29, 0.717) is 15.7 Å². The molecule has 4 aliphatic rings. The number of imide groups is 1. The number of halogens is 2. The maximum absolute atomic E-state index is 14.0. The molecule has 0 N–H and O–H groups in total. The highest BCUT2D eigenvalue weighted by atomic mass is 35.5. The van der Waals surface area contributed by atoms with Gasteiger partial charge in [0.25, 0.3) is 17.7 Å². The number of carbonyl (C=O) groups is 3. The third-order valence-electron chi connectivity index (χ3n) is 8.35. The fourth-order valence-corrected chi connectivity index (χ4v) is 6.61. The zero-order valence-electron chi connectivity index (χ0n) is 22.9. The highest BCUT2D eigenvalue weighted by Crippen LogP contribution is 2.45. The first-order valence-electron chi connectivity index (χ1n) is 14.1. The predicted molar refractivity (Wildman–Crippen MR) is 163 cm³/mol. The Hall–Kier alpha value is -4.34. The van der Waals surface area contributed by atoms with Gasteiger partial charge in [0.1, 0.15) is 6.54 Å². The molecule has 7 rings (SSSR count). The third kappa shape index (κ3) is 4.92. The van der Waals surface area contributed by atoms with Gasteiger partial charge in [0.15, 0.2) is 12.1 Å². The number of benzene rings is 3. The molecule has 0 unspecified atom stereocenters. The number of nitrogens with zero attached hydrogens (tertiary/aromatic N) is 6. The van der Waals surface area contributed by atoms with Gasteiger partial charge >= 0.3 is 0 Å². The summed E-state index contributed by atoms with van der Waals surface area (Å²) in [6, 6.07) is 21.5. The van der Waals surface area contributed by atoms with Crippen molar-refractivity contribution in [2.45, 2.75) is 37.4 Å². The van der Waals surface area contributed by atoms with Gasteiger partial charge in [0.2, 0.25) is 0 Å². The number of para-hydroxylation sites is 1. The van der Waals surface area contributed by atoms with Crippen molar-refractivity contribution in [1.82, 2.24) is 10.0 Å². The molecular weight excluding hydrogens is 587 g/mol.